The van der Waals surface area contributed by atoms with Crippen LogP contribution in [0, 0.1) is 3.57 Å². The first kappa shape index (κ1) is 13.7. The monoisotopic (exact) mass is 399 g/mol. The molecule has 1 unspecified atom stereocenters. The van der Waals surface area contributed by atoms with Crippen LogP contribution in [0.25, 0.3) is 11.1 Å². The van der Waals surface area contributed by atoms with Crippen molar-refractivity contribution in [3.05, 3.63) is 67.7 Å². The molecule has 1 heterocycles. The molecule has 0 aliphatic heterocycles. The largest absolute Gasteiger partial charge is 0.419 e. The maximum atomic E-state index is 11.5. The Hall–Kier alpha value is -1.27. The highest BCUT2D eigenvalue weighted by atomic mass is 127. The van der Waals surface area contributed by atoms with Crippen molar-refractivity contribution in [2.45, 2.75) is 5.38 Å². The van der Waals surface area contributed by atoms with E-state index in [0.29, 0.717) is 5.58 Å². The van der Waals surface area contributed by atoms with E-state index in [9.17, 15) is 4.79 Å². The molecule has 2 aromatic carbocycles. The quantitative estimate of drug-likeness (QED) is 0.481. The Morgan fingerprint density at radius 2 is 1.80 bits per heavy atom. The molecule has 1 atom stereocenters. The van der Waals surface area contributed by atoms with Crippen molar-refractivity contribution in [3.8, 4) is 0 Å². The van der Waals surface area contributed by atoms with Gasteiger partial charge < -0.3 is 4.42 Å². The summed E-state index contributed by atoms with van der Waals surface area (Å²) < 4.78 is 7.84. The Balaban J connectivity index is 2.05. The van der Waals surface area contributed by atoms with E-state index in [2.05, 4.69) is 22.6 Å². The molecule has 0 spiro atoms. The van der Waals surface area contributed by atoms with Gasteiger partial charge in [0.1, 0.15) is 0 Å². The molecule has 1 aromatic heterocycles. The van der Waals surface area contributed by atoms with E-state index in [0.717, 1.165) is 16.6 Å². The number of hydrogen-bond donors (Lipinski definition) is 0. The Morgan fingerprint density at radius 3 is 2.50 bits per heavy atom. The van der Waals surface area contributed by atoms with Crippen molar-refractivity contribution < 1.29 is 4.42 Å². The van der Waals surface area contributed by atoms with Crippen molar-refractivity contribution in [1.82, 2.24) is 4.57 Å². The van der Waals surface area contributed by atoms with E-state index in [1.807, 2.05) is 42.5 Å². The second-order valence-electron chi connectivity index (χ2n) is 4.57. The lowest BCUT2D eigenvalue weighted by Gasteiger charge is -2.10. The lowest BCUT2D eigenvalue weighted by Crippen LogP contribution is -2.08. The Labute approximate surface area is 134 Å². The van der Waals surface area contributed by atoms with Crippen LogP contribution in [0.2, 0.25) is 0 Å². The number of halogens is 2. The molecule has 0 saturated carbocycles. The first-order valence-corrected chi connectivity index (χ1v) is 7.57. The summed E-state index contributed by atoms with van der Waals surface area (Å²) in [7, 11) is 1.69. The van der Waals surface area contributed by atoms with E-state index >= 15 is 0 Å². The first-order chi connectivity index (χ1) is 9.56. The molecule has 20 heavy (non-hydrogen) atoms. The minimum Gasteiger partial charge on any atom is -0.408 e. The van der Waals surface area contributed by atoms with E-state index in [1.165, 1.54) is 8.14 Å². The zero-order valence-electron chi connectivity index (χ0n) is 10.6. The fourth-order valence-electron chi connectivity index (χ4n) is 2.13. The summed E-state index contributed by atoms with van der Waals surface area (Å²) in [4.78, 5) is 11.5. The van der Waals surface area contributed by atoms with Crippen LogP contribution in [0.1, 0.15) is 16.5 Å². The maximum Gasteiger partial charge on any atom is 0.419 e. The Bertz CT molecular complexity index is 820. The number of oxazole rings is 1. The van der Waals surface area contributed by atoms with Crippen molar-refractivity contribution in [3.63, 3.8) is 0 Å². The molecule has 0 fully saturated rings. The summed E-state index contributed by atoms with van der Waals surface area (Å²) in [6.45, 7) is 0. The van der Waals surface area contributed by atoms with Gasteiger partial charge in [0, 0.05) is 10.6 Å². The minimum absolute atomic E-state index is 0.262. The van der Waals surface area contributed by atoms with Gasteiger partial charge in [-0.25, -0.2) is 4.79 Å². The number of benzene rings is 2. The van der Waals surface area contributed by atoms with Crippen LogP contribution < -0.4 is 5.76 Å². The smallest absolute Gasteiger partial charge is 0.408 e. The summed E-state index contributed by atoms with van der Waals surface area (Å²) in [6.07, 6.45) is 0. The number of nitrogens with zero attached hydrogens (tertiary/aromatic N) is 1. The Morgan fingerprint density at radius 1 is 1.15 bits per heavy atom. The molecule has 3 nitrogen and oxygen atoms in total. The summed E-state index contributed by atoms with van der Waals surface area (Å²) in [5.74, 6) is -0.363. The summed E-state index contributed by atoms with van der Waals surface area (Å²) in [5.41, 5.74) is 3.26. The van der Waals surface area contributed by atoms with Crippen molar-refractivity contribution in [2.24, 2.45) is 7.05 Å². The zero-order valence-corrected chi connectivity index (χ0v) is 13.6. The van der Waals surface area contributed by atoms with Gasteiger partial charge in [0.2, 0.25) is 0 Å². The Kier molecular flexibility index (Phi) is 3.60. The molecule has 3 aromatic rings. The van der Waals surface area contributed by atoms with Crippen LogP contribution in [-0.2, 0) is 7.05 Å². The van der Waals surface area contributed by atoms with E-state index in [1.54, 1.807) is 7.05 Å². The van der Waals surface area contributed by atoms with Crippen molar-refractivity contribution >= 4 is 45.3 Å². The third kappa shape index (κ3) is 2.38. The van der Waals surface area contributed by atoms with Crippen LogP contribution in [0.4, 0.5) is 0 Å². The van der Waals surface area contributed by atoms with Crippen molar-refractivity contribution in [2.75, 3.05) is 0 Å². The van der Waals surface area contributed by atoms with Gasteiger partial charge in [-0.2, -0.15) is 0 Å². The van der Waals surface area contributed by atoms with Gasteiger partial charge >= 0.3 is 5.76 Å². The van der Waals surface area contributed by atoms with Crippen LogP contribution in [-0.4, -0.2) is 4.57 Å². The van der Waals surface area contributed by atoms with Gasteiger partial charge in [0.05, 0.1) is 10.9 Å². The van der Waals surface area contributed by atoms with Crippen LogP contribution in [0.3, 0.4) is 0 Å². The summed E-state index contributed by atoms with van der Waals surface area (Å²) in [5, 5.41) is -0.262. The maximum absolute atomic E-state index is 11.5. The summed E-state index contributed by atoms with van der Waals surface area (Å²) in [6, 6.07) is 13.7. The summed E-state index contributed by atoms with van der Waals surface area (Å²) >= 11 is 8.76. The normalized spacial score (nSPS) is 12.8. The first-order valence-electron chi connectivity index (χ1n) is 6.05. The lowest BCUT2D eigenvalue weighted by atomic mass is 10.0. The topological polar surface area (TPSA) is 35.1 Å². The number of aryl methyl sites for hydroxylation is 1. The number of aromatic nitrogens is 1. The highest BCUT2D eigenvalue weighted by Crippen LogP contribution is 2.30. The SMILES string of the molecule is Cn1c(=O)oc2cc(C(Cl)c3ccc(I)cc3)ccc21. The molecule has 0 saturated heterocycles. The second-order valence-corrected chi connectivity index (χ2v) is 6.25. The fourth-order valence-corrected chi connectivity index (χ4v) is 2.77. The molecular weight excluding hydrogens is 389 g/mol. The van der Waals surface area contributed by atoms with Gasteiger partial charge in [0.15, 0.2) is 5.58 Å². The molecule has 0 amide bonds. The standard InChI is InChI=1S/C15H11ClINO2/c1-18-12-7-4-10(8-13(12)20-15(18)19)14(16)9-2-5-11(17)6-3-9/h2-8,14H,1H3. The average molecular weight is 400 g/mol. The van der Waals surface area contributed by atoms with Crippen LogP contribution in [0.5, 0.6) is 0 Å². The van der Waals surface area contributed by atoms with E-state index in [4.69, 9.17) is 16.0 Å². The van der Waals surface area contributed by atoms with Gasteiger partial charge in [-0.1, -0.05) is 18.2 Å². The molecule has 0 aliphatic rings. The number of alkyl halides is 1. The molecule has 0 N–H and O–H groups in total. The molecule has 5 heteroatoms. The van der Waals surface area contributed by atoms with Crippen molar-refractivity contribution in [1.29, 1.82) is 0 Å². The average Bonchev–Trinajstić information content (AvgIpc) is 2.74. The minimum atomic E-state index is -0.363. The molecule has 0 bridgehead atoms. The third-order valence-corrected chi connectivity index (χ3v) is 4.49. The van der Waals surface area contributed by atoms with Gasteiger partial charge in [-0.15, -0.1) is 11.6 Å². The third-order valence-electron chi connectivity index (χ3n) is 3.27. The molecule has 3 rings (SSSR count). The highest BCUT2D eigenvalue weighted by molar-refractivity contribution is 14.1. The van der Waals surface area contributed by atoms with Gasteiger partial charge in [0.25, 0.3) is 0 Å². The van der Waals surface area contributed by atoms with Crippen LogP contribution >= 0.6 is 34.2 Å². The predicted octanol–water partition coefficient (Wildman–Crippen LogP) is 4.06. The van der Waals surface area contributed by atoms with E-state index in [-0.39, 0.29) is 11.1 Å². The highest BCUT2D eigenvalue weighted by Gasteiger charge is 2.13. The molecule has 102 valence electrons. The number of hydrogen-bond acceptors (Lipinski definition) is 2. The molecule has 0 aliphatic carbocycles. The number of fused-ring (bicyclic) bond motifs is 1. The predicted molar refractivity (Wildman–Crippen MR) is 88.3 cm³/mol. The van der Waals surface area contributed by atoms with Gasteiger partial charge in [-0.05, 0) is 58.0 Å². The fraction of sp³-hybridized carbons (Fsp3) is 0.133. The van der Waals surface area contributed by atoms with E-state index < -0.39 is 0 Å². The van der Waals surface area contributed by atoms with Crippen LogP contribution in [0.15, 0.2) is 51.7 Å². The zero-order chi connectivity index (χ0) is 14.3. The van der Waals surface area contributed by atoms with Gasteiger partial charge in [-0.3, -0.25) is 4.57 Å². The lowest BCUT2D eigenvalue weighted by molar-refractivity contribution is 0.528. The molecule has 0 radical (unpaired) electrons. The molecular formula is C15H11ClINO2. The number of rotatable bonds is 2. The second kappa shape index (κ2) is 5.26.